The van der Waals surface area contributed by atoms with E-state index >= 15 is 0 Å². The summed E-state index contributed by atoms with van der Waals surface area (Å²) in [5.41, 5.74) is 1.63. The Morgan fingerprint density at radius 3 is 1.57 bits per heavy atom. The number of methoxy groups -OCH3 is 2. The number of benzene rings is 5. The molecule has 2 atom stereocenters. The van der Waals surface area contributed by atoms with E-state index in [9.17, 15) is 5.11 Å². The fraction of sp³-hybridized carbons (Fsp3) is 0.333. The molecule has 0 fully saturated rings. The molecule has 5 aromatic rings. The summed E-state index contributed by atoms with van der Waals surface area (Å²) in [6.45, 7) is 12.0. The molecule has 0 bridgehead atoms. The first-order valence-electron chi connectivity index (χ1n) is 15.8. The third-order valence-electron chi connectivity index (χ3n) is 8.16. The van der Waals surface area contributed by atoms with E-state index in [1.807, 2.05) is 38.1 Å². The van der Waals surface area contributed by atoms with Crippen LogP contribution >= 0.6 is 7.92 Å². The highest BCUT2D eigenvalue weighted by Crippen LogP contribution is 2.47. The molecule has 47 heavy (non-hydrogen) atoms. The second-order valence-electron chi connectivity index (χ2n) is 12.5. The van der Waals surface area contributed by atoms with Crippen LogP contribution in [0, 0.1) is 6.92 Å². The predicted octanol–water partition coefficient (Wildman–Crippen LogP) is 7.75. The van der Waals surface area contributed by atoms with Crippen molar-refractivity contribution in [3.8, 4) is 17.2 Å². The maximum Gasteiger partial charge on any atom is 0.192 e. The van der Waals surface area contributed by atoms with Crippen LogP contribution in [0.4, 0.5) is 0 Å². The molecular formula is C39H45O7P. The summed E-state index contributed by atoms with van der Waals surface area (Å²) < 4.78 is 35.3. The highest BCUT2D eigenvalue weighted by Gasteiger charge is 2.31. The van der Waals surface area contributed by atoms with Crippen molar-refractivity contribution in [3.63, 3.8) is 0 Å². The lowest BCUT2D eigenvalue weighted by Crippen LogP contribution is -2.27. The maximum atomic E-state index is 12.2. The summed E-state index contributed by atoms with van der Waals surface area (Å²) in [6, 6.07) is 28.8. The predicted molar refractivity (Wildman–Crippen MR) is 191 cm³/mol. The summed E-state index contributed by atoms with van der Waals surface area (Å²) in [6.07, 6.45) is -0.889. The van der Waals surface area contributed by atoms with Crippen LogP contribution in [-0.2, 0) is 24.4 Å². The molecule has 5 rings (SSSR count). The van der Waals surface area contributed by atoms with E-state index in [2.05, 4.69) is 88.4 Å². The van der Waals surface area contributed by atoms with Crippen molar-refractivity contribution in [2.45, 2.75) is 59.5 Å². The Hall–Kier alpha value is -3.71. The number of phenolic OH excluding ortho intramolecular Hbond substituents is 1. The molecule has 0 aromatic heterocycles. The quantitative estimate of drug-likeness (QED) is 0.103. The summed E-state index contributed by atoms with van der Waals surface area (Å²) in [7, 11) is 1.71. The van der Waals surface area contributed by atoms with Crippen LogP contribution in [0.1, 0.15) is 45.7 Å². The Bertz CT molecular complexity index is 1730. The smallest absolute Gasteiger partial charge is 0.192 e. The monoisotopic (exact) mass is 656 g/mol. The van der Waals surface area contributed by atoms with Crippen molar-refractivity contribution in [2.75, 3.05) is 27.8 Å². The zero-order chi connectivity index (χ0) is 33.7. The molecule has 0 aliphatic carbocycles. The molecule has 0 saturated heterocycles. The van der Waals surface area contributed by atoms with Crippen LogP contribution in [-0.4, -0.2) is 45.5 Å². The summed E-state index contributed by atoms with van der Waals surface area (Å²) in [4.78, 5) is 0. The first-order chi connectivity index (χ1) is 22.5. The number of rotatable bonds is 13. The van der Waals surface area contributed by atoms with E-state index in [4.69, 9.17) is 28.4 Å². The number of aromatic hydroxyl groups is 1. The molecule has 0 spiro atoms. The second-order valence-corrected chi connectivity index (χ2v) is 14.6. The molecule has 0 radical (unpaired) electrons. The lowest BCUT2D eigenvalue weighted by Gasteiger charge is -2.29. The van der Waals surface area contributed by atoms with Crippen molar-refractivity contribution >= 4 is 45.4 Å². The molecule has 0 saturated carbocycles. The van der Waals surface area contributed by atoms with Crippen LogP contribution in [0.3, 0.4) is 0 Å². The van der Waals surface area contributed by atoms with Gasteiger partial charge in [0.25, 0.3) is 0 Å². The van der Waals surface area contributed by atoms with E-state index < -0.39 is 20.5 Å². The van der Waals surface area contributed by atoms with Gasteiger partial charge in [-0.3, -0.25) is 0 Å². The Morgan fingerprint density at radius 1 is 0.660 bits per heavy atom. The lowest BCUT2D eigenvalue weighted by atomic mass is 9.85. The Labute approximate surface area is 279 Å². The van der Waals surface area contributed by atoms with Crippen molar-refractivity contribution < 1.29 is 33.5 Å². The van der Waals surface area contributed by atoms with Crippen molar-refractivity contribution in [1.29, 1.82) is 0 Å². The van der Waals surface area contributed by atoms with Crippen LogP contribution in [0.15, 0.2) is 84.9 Å². The van der Waals surface area contributed by atoms with Crippen molar-refractivity contribution in [3.05, 3.63) is 96.1 Å². The molecule has 248 valence electrons. The molecule has 0 amide bonds. The minimum Gasteiger partial charge on any atom is -0.507 e. The largest absolute Gasteiger partial charge is 0.507 e. The van der Waals surface area contributed by atoms with Gasteiger partial charge in [-0.15, -0.1) is 0 Å². The maximum absolute atomic E-state index is 12.2. The fourth-order valence-electron chi connectivity index (χ4n) is 5.52. The standard InChI is InChI=1S/C39H45O7P/c1-25-21-32(39(4,5)6)36(40)35(22-25)47(33-19-17-28-13-9-11-15-30(28)37(33)45-23-43-26(2)41-7)34-20-18-29-14-10-12-16-31(29)38(34)46-24-44-27(3)42-8/h9-22,26-27,40H,23-24H2,1-8H3. The average Bonchev–Trinajstić information content (AvgIpc) is 3.06. The molecule has 0 heterocycles. The minimum absolute atomic E-state index is 0.0178. The van der Waals surface area contributed by atoms with Gasteiger partial charge in [-0.1, -0.05) is 87.5 Å². The van der Waals surface area contributed by atoms with E-state index in [0.717, 1.165) is 48.6 Å². The molecule has 2 unspecified atom stereocenters. The molecule has 8 heteroatoms. The summed E-state index contributed by atoms with van der Waals surface area (Å²) >= 11 is 0. The number of fused-ring (bicyclic) bond motifs is 2. The molecule has 5 aromatic carbocycles. The lowest BCUT2D eigenvalue weighted by molar-refractivity contribution is -0.149. The Balaban J connectivity index is 1.82. The first kappa shape index (κ1) is 34.6. The van der Waals surface area contributed by atoms with E-state index in [-0.39, 0.29) is 24.8 Å². The number of ether oxygens (including phenoxy) is 6. The number of hydrogen-bond acceptors (Lipinski definition) is 7. The Kier molecular flexibility index (Phi) is 11.1. The van der Waals surface area contributed by atoms with Gasteiger partial charge in [-0.2, -0.15) is 0 Å². The molecule has 7 nitrogen and oxygen atoms in total. The normalized spacial score (nSPS) is 13.9. The van der Waals surface area contributed by atoms with Crippen LogP contribution in [0.5, 0.6) is 17.2 Å². The minimum atomic E-state index is -1.48. The van der Waals surface area contributed by atoms with Crippen LogP contribution in [0.2, 0.25) is 0 Å². The highest BCUT2D eigenvalue weighted by atomic mass is 31.1. The van der Waals surface area contributed by atoms with Gasteiger partial charge in [0.1, 0.15) is 17.2 Å². The Morgan fingerprint density at radius 2 is 1.13 bits per heavy atom. The molecule has 1 N–H and O–H groups in total. The van der Waals surface area contributed by atoms with Gasteiger partial charge in [0.15, 0.2) is 26.2 Å². The van der Waals surface area contributed by atoms with Gasteiger partial charge in [0, 0.05) is 46.5 Å². The van der Waals surface area contributed by atoms with E-state index in [1.54, 1.807) is 14.2 Å². The van der Waals surface area contributed by atoms with Crippen LogP contribution < -0.4 is 25.4 Å². The fourth-order valence-corrected chi connectivity index (χ4v) is 8.19. The SMILES string of the molecule is COC(C)OCOc1c(P(c2cc(C)cc(C(C)(C)C)c2O)c2ccc3ccccc3c2OCOC(C)OC)ccc2ccccc12. The third kappa shape index (κ3) is 7.72. The molecular weight excluding hydrogens is 611 g/mol. The number of phenols is 1. The van der Waals surface area contributed by atoms with E-state index in [1.165, 1.54) is 0 Å². The van der Waals surface area contributed by atoms with Crippen LogP contribution in [0.25, 0.3) is 21.5 Å². The van der Waals surface area contributed by atoms with Gasteiger partial charge >= 0.3 is 0 Å². The average molecular weight is 657 g/mol. The topological polar surface area (TPSA) is 75.6 Å². The van der Waals surface area contributed by atoms with Gasteiger partial charge < -0.3 is 33.5 Å². The summed E-state index contributed by atoms with van der Waals surface area (Å²) in [5.74, 6) is 1.62. The molecule has 0 aliphatic rings. The van der Waals surface area contributed by atoms with Crippen molar-refractivity contribution in [1.82, 2.24) is 0 Å². The van der Waals surface area contributed by atoms with Crippen molar-refractivity contribution in [2.24, 2.45) is 0 Å². The first-order valence-corrected chi connectivity index (χ1v) is 17.1. The van der Waals surface area contributed by atoms with E-state index in [0.29, 0.717) is 11.5 Å². The van der Waals surface area contributed by atoms with Gasteiger partial charge in [-0.05, 0) is 68.6 Å². The second kappa shape index (κ2) is 15.0. The summed E-state index contributed by atoms with van der Waals surface area (Å²) in [5, 5.41) is 18.7. The zero-order valence-corrected chi connectivity index (χ0v) is 29.4. The van der Waals surface area contributed by atoms with Gasteiger partial charge in [-0.25, -0.2) is 0 Å². The number of hydrogen-bond donors (Lipinski definition) is 1. The zero-order valence-electron chi connectivity index (χ0n) is 28.5. The highest BCUT2D eigenvalue weighted by molar-refractivity contribution is 7.80. The van der Waals surface area contributed by atoms with Gasteiger partial charge in [0.2, 0.25) is 0 Å². The molecule has 0 aliphatic heterocycles. The third-order valence-corrected chi connectivity index (χ3v) is 10.6. The van der Waals surface area contributed by atoms with Gasteiger partial charge in [0.05, 0.1) is 0 Å². The number of aryl methyl sites for hydroxylation is 1.